The van der Waals surface area contributed by atoms with Crippen molar-refractivity contribution in [1.82, 2.24) is 14.9 Å². The molecule has 0 N–H and O–H groups in total. The second-order valence-corrected chi connectivity index (χ2v) is 6.20. The standard InChI is InChI=1S/C12H18BrClN4/c1-17(2)8-9-3-5-18(6-4-9)11-10(13)7-15-12(14)16-11/h7,9H,3-6,8H2,1-2H3. The van der Waals surface area contributed by atoms with E-state index in [0.29, 0.717) is 5.28 Å². The van der Waals surface area contributed by atoms with Crippen molar-refractivity contribution in [2.24, 2.45) is 5.92 Å². The number of aromatic nitrogens is 2. The van der Waals surface area contributed by atoms with E-state index in [1.807, 2.05) is 0 Å². The third-order valence-corrected chi connectivity index (χ3v) is 3.98. The van der Waals surface area contributed by atoms with Crippen LogP contribution >= 0.6 is 27.5 Å². The second-order valence-electron chi connectivity index (χ2n) is 5.00. The summed E-state index contributed by atoms with van der Waals surface area (Å²) in [7, 11) is 4.26. The molecule has 1 aliphatic heterocycles. The van der Waals surface area contributed by atoms with Crippen molar-refractivity contribution < 1.29 is 0 Å². The van der Waals surface area contributed by atoms with E-state index >= 15 is 0 Å². The van der Waals surface area contributed by atoms with E-state index in [0.717, 1.165) is 29.3 Å². The smallest absolute Gasteiger partial charge is 0.224 e. The van der Waals surface area contributed by atoms with Gasteiger partial charge in [-0.3, -0.25) is 0 Å². The summed E-state index contributed by atoms with van der Waals surface area (Å²) in [5.41, 5.74) is 0. The molecule has 1 saturated heterocycles. The van der Waals surface area contributed by atoms with Gasteiger partial charge in [0.1, 0.15) is 5.82 Å². The van der Waals surface area contributed by atoms with E-state index in [9.17, 15) is 0 Å². The quantitative estimate of drug-likeness (QED) is 0.796. The molecule has 1 fully saturated rings. The van der Waals surface area contributed by atoms with E-state index in [-0.39, 0.29) is 0 Å². The maximum Gasteiger partial charge on any atom is 0.224 e. The molecule has 0 spiro atoms. The summed E-state index contributed by atoms with van der Waals surface area (Å²) in [4.78, 5) is 12.8. The number of piperidine rings is 1. The predicted molar refractivity (Wildman–Crippen MR) is 78.2 cm³/mol. The van der Waals surface area contributed by atoms with Gasteiger partial charge >= 0.3 is 0 Å². The van der Waals surface area contributed by atoms with Crippen molar-refractivity contribution in [2.45, 2.75) is 12.8 Å². The largest absolute Gasteiger partial charge is 0.356 e. The van der Waals surface area contributed by atoms with Crippen LogP contribution in [0.1, 0.15) is 12.8 Å². The first kappa shape index (κ1) is 14.0. The maximum absolute atomic E-state index is 5.86. The molecule has 0 bridgehead atoms. The Morgan fingerprint density at radius 1 is 1.44 bits per heavy atom. The first-order valence-corrected chi connectivity index (χ1v) is 7.31. The maximum atomic E-state index is 5.86. The van der Waals surface area contributed by atoms with Gasteiger partial charge in [-0.2, -0.15) is 4.98 Å². The molecule has 4 nitrogen and oxygen atoms in total. The fourth-order valence-corrected chi connectivity index (χ4v) is 2.97. The lowest BCUT2D eigenvalue weighted by atomic mass is 9.96. The van der Waals surface area contributed by atoms with Crippen LogP contribution in [0, 0.1) is 5.92 Å². The lowest BCUT2D eigenvalue weighted by Crippen LogP contribution is -2.37. The summed E-state index contributed by atoms with van der Waals surface area (Å²) in [5, 5.41) is 0.309. The fraction of sp³-hybridized carbons (Fsp3) is 0.667. The van der Waals surface area contributed by atoms with Gasteiger partial charge in [0.05, 0.1) is 4.47 Å². The Morgan fingerprint density at radius 2 is 2.11 bits per heavy atom. The third kappa shape index (κ3) is 3.56. The Labute approximate surface area is 121 Å². The minimum atomic E-state index is 0.309. The van der Waals surface area contributed by atoms with Crippen LogP contribution in [0.4, 0.5) is 5.82 Å². The molecule has 0 amide bonds. The fourth-order valence-electron chi connectivity index (χ4n) is 2.40. The van der Waals surface area contributed by atoms with Crippen molar-refractivity contribution in [3.63, 3.8) is 0 Å². The number of hydrogen-bond acceptors (Lipinski definition) is 4. The highest BCUT2D eigenvalue weighted by Crippen LogP contribution is 2.28. The van der Waals surface area contributed by atoms with Crippen molar-refractivity contribution in [3.8, 4) is 0 Å². The topological polar surface area (TPSA) is 32.3 Å². The van der Waals surface area contributed by atoms with Crippen LogP contribution in [0.2, 0.25) is 5.28 Å². The average Bonchev–Trinajstić information content (AvgIpc) is 2.33. The zero-order valence-corrected chi connectivity index (χ0v) is 13.1. The van der Waals surface area contributed by atoms with Gasteiger partial charge in [0, 0.05) is 25.8 Å². The Morgan fingerprint density at radius 3 is 2.72 bits per heavy atom. The first-order chi connectivity index (χ1) is 8.56. The van der Waals surface area contributed by atoms with Gasteiger partial charge in [-0.1, -0.05) is 0 Å². The van der Waals surface area contributed by atoms with E-state index in [2.05, 4.69) is 49.8 Å². The van der Waals surface area contributed by atoms with E-state index < -0.39 is 0 Å². The summed E-state index contributed by atoms with van der Waals surface area (Å²) in [5.74, 6) is 1.70. The highest BCUT2D eigenvalue weighted by Gasteiger charge is 2.22. The van der Waals surface area contributed by atoms with Gasteiger partial charge in [0.25, 0.3) is 0 Å². The molecule has 0 radical (unpaired) electrons. The van der Waals surface area contributed by atoms with Crippen LogP contribution in [0.5, 0.6) is 0 Å². The summed E-state index contributed by atoms with van der Waals surface area (Å²) in [6.07, 6.45) is 4.12. The summed E-state index contributed by atoms with van der Waals surface area (Å²) >= 11 is 9.35. The van der Waals surface area contributed by atoms with Crippen molar-refractivity contribution in [3.05, 3.63) is 16.0 Å². The highest BCUT2D eigenvalue weighted by atomic mass is 79.9. The van der Waals surface area contributed by atoms with E-state index in [1.54, 1.807) is 6.20 Å². The van der Waals surface area contributed by atoms with E-state index in [4.69, 9.17) is 11.6 Å². The Hall–Kier alpha value is -0.390. The van der Waals surface area contributed by atoms with Crippen LogP contribution in [0.25, 0.3) is 0 Å². The molecule has 0 unspecified atom stereocenters. The van der Waals surface area contributed by atoms with Crippen LogP contribution in [-0.4, -0.2) is 48.6 Å². The zero-order valence-electron chi connectivity index (χ0n) is 10.7. The van der Waals surface area contributed by atoms with Gasteiger partial charge < -0.3 is 9.80 Å². The number of anilines is 1. The van der Waals surface area contributed by atoms with Crippen LogP contribution in [-0.2, 0) is 0 Å². The molecular weight excluding hydrogens is 316 g/mol. The molecule has 1 aliphatic rings. The van der Waals surface area contributed by atoms with Gasteiger partial charge in [0.15, 0.2) is 0 Å². The Bertz CT molecular complexity index is 405. The number of halogens is 2. The monoisotopic (exact) mass is 332 g/mol. The lowest BCUT2D eigenvalue weighted by molar-refractivity contribution is 0.284. The molecule has 1 aromatic heterocycles. The van der Waals surface area contributed by atoms with Crippen LogP contribution < -0.4 is 4.90 Å². The van der Waals surface area contributed by atoms with Gasteiger partial charge in [-0.05, 0) is 60.4 Å². The van der Waals surface area contributed by atoms with Crippen molar-refractivity contribution in [1.29, 1.82) is 0 Å². The Kier molecular flexibility index (Phi) is 4.81. The highest BCUT2D eigenvalue weighted by molar-refractivity contribution is 9.10. The van der Waals surface area contributed by atoms with Crippen molar-refractivity contribution >= 4 is 33.3 Å². The molecule has 6 heteroatoms. The van der Waals surface area contributed by atoms with Crippen LogP contribution in [0.3, 0.4) is 0 Å². The number of hydrogen-bond donors (Lipinski definition) is 0. The summed E-state index contributed by atoms with van der Waals surface area (Å²) < 4.78 is 0.915. The molecular formula is C12H18BrClN4. The molecule has 2 heterocycles. The molecule has 1 aromatic rings. The average molecular weight is 334 g/mol. The SMILES string of the molecule is CN(C)CC1CCN(c2nc(Cl)ncc2Br)CC1. The van der Waals surface area contributed by atoms with Gasteiger partial charge in [-0.25, -0.2) is 4.98 Å². The molecule has 18 heavy (non-hydrogen) atoms. The minimum absolute atomic E-state index is 0.309. The molecule has 0 atom stereocenters. The second kappa shape index (κ2) is 6.17. The number of nitrogens with zero attached hydrogens (tertiary/aromatic N) is 4. The normalized spacial score (nSPS) is 17.5. The van der Waals surface area contributed by atoms with E-state index in [1.165, 1.54) is 19.4 Å². The molecule has 0 aliphatic carbocycles. The molecule has 100 valence electrons. The zero-order chi connectivity index (χ0) is 13.1. The minimum Gasteiger partial charge on any atom is -0.356 e. The molecule has 2 rings (SSSR count). The van der Waals surface area contributed by atoms with Crippen LogP contribution in [0.15, 0.2) is 10.7 Å². The Balaban J connectivity index is 1.99. The van der Waals surface area contributed by atoms with Crippen molar-refractivity contribution in [2.75, 3.05) is 38.6 Å². The summed E-state index contributed by atoms with van der Waals surface area (Å²) in [6.45, 7) is 3.23. The number of rotatable bonds is 3. The predicted octanol–water partition coefficient (Wildman–Crippen LogP) is 2.67. The van der Waals surface area contributed by atoms with Gasteiger partial charge in [0.2, 0.25) is 5.28 Å². The first-order valence-electron chi connectivity index (χ1n) is 6.14. The molecule has 0 saturated carbocycles. The van der Waals surface area contributed by atoms with Gasteiger partial charge in [-0.15, -0.1) is 0 Å². The third-order valence-electron chi connectivity index (χ3n) is 3.23. The molecule has 0 aromatic carbocycles. The lowest BCUT2D eigenvalue weighted by Gasteiger charge is -2.34. The summed E-state index contributed by atoms with van der Waals surface area (Å²) in [6, 6.07) is 0.